The molecule has 2 N–H and O–H groups in total. The van der Waals surface area contributed by atoms with Gasteiger partial charge in [0.1, 0.15) is 11.3 Å². The minimum absolute atomic E-state index is 0.146. The Morgan fingerprint density at radius 3 is 2.71 bits per heavy atom. The number of aromatic hydroxyl groups is 1. The molecule has 6 heteroatoms. The van der Waals surface area contributed by atoms with Gasteiger partial charge in [-0.3, -0.25) is 4.79 Å². The van der Waals surface area contributed by atoms with Gasteiger partial charge in [-0.2, -0.15) is 0 Å². The molecular formula is C11H10ClNO4. The van der Waals surface area contributed by atoms with Crippen LogP contribution in [0.15, 0.2) is 18.2 Å². The van der Waals surface area contributed by atoms with Gasteiger partial charge in [0.25, 0.3) is 0 Å². The third-order valence-corrected chi connectivity index (χ3v) is 2.89. The molecule has 1 heterocycles. The molecule has 90 valence electrons. The van der Waals surface area contributed by atoms with E-state index in [1.54, 1.807) is 0 Å². The highest BCUT2D eigenvalue weighted by Gasteiger charge is 2.29. The Morgan fingerprint density at radius 2 is 2.18 bits per heavy atom. The average molecular weight is 256 g/mol. The molecular weight excluding hydrogens is 246 g/mol. The molecule has 1 aromatic rings. The van der Waals surface area contributed by atoms with Gasteiger partial charge < -0.3 is 15.1 Å². The Hall–Kier alpha value is -1.75. The number of aromatic carboxylic acids is 1. The summed E-state index contributed by atoms with van der Waals surface area (Å²) < 4.78 is 0. The van der Waals surface area contributed by atoms with Crippen molar-refractivity contribution in [3.05, 3.63) is 23.8 Å². The van der Waals surface area contributed by atoms with Gasteiger partial charge in [0.15, 0.2) is 0 Å². The van der Waals surface area contributed by atoms with Crippen LogP contribution in [0.3, 0.4) is 0 Å². The number of hydrogen-bond donors (Lipinski definition) is 2. The monoisotopic (exact) mass is 255 g/mol. The van der Waals surface area contributed by atoms with E-state index < -0.39 is 5.97 Å². The molecule has 0 bridgehead atoms. The first-order valence-electron chi connectivity index (χ1n) is 5.00. The fourth-order valence-corrected chi connectivity index (χ4v) is 2.05. The topological polar surface area (TPSA) is 77.8 Å². The number of carboxylic acids is 1. The summed E-state index contributed by atoms with van der Waals surface area (Å²) in [6.45, 7) is 0.351. The van der Waals surface area contributed by atoms with Crippen LogP contribution in [0, 0.1) is 0 Å². The first-order valence-corrected chi connectivity index (χ1v) is 5.43. The molecule has 1 fully saturated rings. The molecule has 1 saturated heterocycles. The van der Waals surface area contributed by atoms with E-state index in [1.807, 2.05) is 0 Å². The Morgan fingerprint density at radius 1 is 1.47 bits per heavy atom. The van der Waals surface area contributed by atoms with Crippen LogP contribution >= 0.6 is 11.6 Å². The zero-order chi connectivity index (χ0) is 12.6. The van der Waals surface area contributed by atoms with Crippen molar-refractivity contribution < 1.29 is 19.8 Å². The zero-order valence-corrected chi connectivity index (χ0v) is 9.52. The molecule has 1 unspecified atom stereocenters. The number of alkyl halides is 1. The highest BCUT2D eigenvalue weighted by atomic mass is 35.5. The molecule has 1 atom stereocenters. The van der Waals surface area contributed by atoms with Crippen LogP contribution in [0.2, 0.25) is 0 Å². The average Bonchev–Trinajstić information content (AvgIpc) is 2.58. The van der Waals surface area contributed by atoms with E-state index in [4.69, 9.17) is 16.7 Å². The van der Waals surface area contributed by atoms with Crippen molar-refractivity contribution in [3.8, 4) is 5.75 Å². The van der Waals surface area contributed by atoms with Crippen LogP contribution in [0.25, 0.3) is 0 Å². The number of anilines is 1. The molecule has 17 heavy (non-hydrogen) atoms. The smallest absolute Gasteiger partial charge is 0.339 e. The molecule has 1 amide bonds. The van der Waals surface area contributed by atoms with E-state index in [9.17, 15) is 14.7 Å². The number of halogens is 1. The molecule has 1 aromatic carbocycles. The second kappa shape index (κ2) is 4.25. The lowest BCUT2D eigenvalue weighted by Crippen LogP contribution is -2.24. The minimum atomic E-state index is -1.24. The first kappa shape index (κ1) is 11.7. The minimum Gasteiger partial charge on any atom is -0.507 e. The second-order valence-electron chi connectivity index (χ2n) is 3.81. The number of benzene rings is 1. The summed E-state index contributed by atoms with van der Waals surface area (Å²) >= 11 is 5.86. The van der Waals surface area contributed by atoms with Crippen LogP contribution < -0.4 is 4.90 Å². The maximum absolute atomic E-state index is 11.6. The van der Waals surface area contributed by atoms with Crippen LogP contribution in [0.4, 0.5) is 5.69 Å². The number of carbonyl (C=O) groups excluding carboxylic acids is 1. The number of amides is 1. The zero-order valence-electron chi connectivity index (χ0n) is 8.76. The van der Waals surface area contributed by atoms with Crippen LogP contribution in [0.1, 0.15) is 16.8 Å². The standard InChI is InChI=1S/C11H10ClNO4/c12-6-3-10(15)13(5-6)7-1-2-9(14)8(4-7)11(16)17/h1-2,4,6,14H,3,5H2,(H,16,17). The summed E-state index contributed by atoms with van der Waals surface area (Å²) in [5.41, 5.74) is 0.210. The summed E-state index contributed by atoms with van der Waals surface area (Å²) in [4.78, 5) is 23.8. The van der Waals surface area contributed by atoms with E-state index in [-0.39, 0.29) is 29.0 Å². The number of phenols is 1. The van der Waals surface area contributed by atoms with Crippen molar-refractivity contribution in [1.29, 1.82) is 0 Å². The summed E-state index contributed by atoms with van der Waals surface area (Å²) in [5, 5.41) is 18.0. The van der Waals surface area contributed by atoms with E-state index in [1.165, 1.54) is 23.1 Å². The second-order valence-corrected chi connectivity index (χ2v) is 4.43. The lowest BCUT2D eigenvalue weighted by Gasteiger charge is -2.16. The van der Waals surface area contributed by atoms with E-state index in [0.717, 1.165) is 0 Å². The molecule has 1 aliphatic rings. The fraction of sp³-hybridized carbons (Fsp3) is 0.273. The SMILES string of the molecule is O=C(O)c1cc(N2CC(Cl)CC2=O)ccc1O. The van der Waals surface area contributed by atoms with Gasteiger partial charge in [-0.25, -0.2) is 4.79 Å². The predicted molar refractivity (Wildman–Crippen MR) is 61.7 cm³/mol. The van der Waals surface area contributed by atoms with E-state index in [0.29, 0.717) is 12.2 Å². The van der Waals surface area contributed by atoms with Crippen molar-refractivity contribution in [2.24, 2.45) is 0 Å². The summed E-state index contributed by atoms with van der Waals surface area (Å²) in [6, 6.07) is 4.02. The van der Waals surface area contributed by atoms with Crippen LogP contribution in [0.5, 0.6) is 5.75 Å². The van der Waals surface area contributed by atoms with E-state index in [2.05, 4.69) is 0 Å². The van der Waals surface area contributed by atoms with Crippen molar-refractivity contribution in [2.45, 2.75) is 11.8 Å². The molecule has 0 radical (unpaired) electrons. The van der Waals surface area contributed by atoms with Gasteiger partial charge in [-0.05, 0) is 18.2 Å². The predicted octanol–water partition coefficient (Wildman–Crippen LogP) is 1.43. The third kappa shape index (κ3) is 2.19. The van der Waals surface area contributed by atoms with Gasteiger partial charge in [0.05, 0.1) is 5.38 Å². The van der Waals surface area contributed by atoms with Crippen molar-refractivity contribution in [1.82, 2.24) is 0 Å². The third-order valence-electron chi connectivity index (χ3n) is 2.60. The van der Waals surface area contributed by atoms with Gasteiger partial charge in [0.2, 0.25) is 5.91 Å². The summed E-state index contributed by atoms with van der Waals surface area (Å²) in [5.74, 6) is -1.71. The first-order chi connectivity index (χ1) is 7.99. The highest BCUT2D eigenvalue weighted by molar-refractivity contribution is 6.24. The number of nitrogens with zero attached hydrogens (tertiary/aromatic N) is 1. The van der Waals surface area contributed by atoms with Crippen LogP contribution in [-0.2, 0) is 4.79 Å². The van der Waals surface area contributed by atoms with Gasteiger partial charge in [-0.1, -0.05) is 0 Å². The van der Waals surface area contributed by atoms with Gasteiger partial charge in [-0.15, -0.1) is 11.6 Å². The number of hydrogen-bond acceptors (Lipinski definition) is 3. The summed E-state index contributed by atoms with van der Waals surface area (Å²) in [7, 11) is 0. The van der Waals surface area contributed by atoms with Gasteiger partial charge >= 0.3 is 5.97 Å². The molecule has 2 rings (SSSR count). The Labute approximate surface area is 102 Å². The molecule has 0 aliphatic carbocycles. The van der Waals surface area contributed by atoms with Crippen LogP contribution in [-0.4, -0.2) is 34.0 Å². The van der Waals surface area contributed by atoms with Crippen molar-refractivity contribution >= 4 is 29.2 Å². The van der Waals surface area contributed by atoms with Gasteiger partial charge in [0, 0.05) is 18.7 Å². The number of rotatable bonds is 2. The maximum atomic E-state index is 11.6. The number of carboxylic acid groups (broad SMARTS) is 1. The molecule has 0 saturated carbocycles. The van der Waals surface area contributed by atoms with Crippen molar-refractivity contribution in [3.63, 3.8) is 0 Å². The van der Waals surface area contributed by atoms with Crippen molar-refractivity contribution in [2.75, 3.05) is 11.4 Å². The molecule has 5 nitrogen and oxygen atoms in total. The largest absolute Gasteiger partial charge is 0.507 e. The number of carbonyl (C=O) groups is 2. The Kier molecular flexibility index (Phi) is 2.93. The lowest BCUT2D eigenvalue weighted by molar-refractivity contribution is -0.117. The molecule has 0 spiro atoms. The molecule has 1 aliphatic heterocycles. The highest BCUT2D eigenvalue weighted by Crippen LogP contribution is 2.28. The summed E-state index contributed by atoms with van der Waals surface area (Å²) in [6.07, 6.45) is 0.241. The normalized spacial score (nSPS) is 19.7. The molecule has 0 aromatic heterocycles. The Bertz CT molecular complexity index is 488. The maximum Gasteiger partial charge on any atom is 0.339 e. The Balaban J connectivity index is 2.37. The fourth-order valence-electron chi connectivity index (χ4n) is 1.78. The van der Waals surface area contributed by atoms with E-state index >= 15 is 0 Å². The quantitative estimate of drug-likeness (QED) is 0.784. The lowest BCUT2D eigenvalue weighted by atomic mass is 10.1.